The maximum absolute atomic E-state index is 12.7. The van der Waals surface area contributed by atoms with Crippen LogP contribution in [0.2, 0.25) is 0 Å². The van der Waals surface area contributed by atoms with Gasteiger partial charge < -0.3 is 15.2 Å². The van der Waals surface area contributed by atoms with E-state index in [2.05, 4.69) is 15.3 Å². The van der Waals surface area contributed by atoms with Crippen LogP contribution < -0.4 is 10.9 Å². The van der Waals surface area contributed by atoms with Gasteiger partial charge in [-0.15, -0.1) is 0 Å². The van der Waals surface area contributed by atoms with Crippen LogP contribution in [0, 0.1) is 13.8 Å². The van der Waals surface area contributed by atoms with Gasteiger partial charge in [0.1, 0.15) is 5.82 Å². The number of fused-ring (bicyclic) bond motifs is 1. The highest BCUT2D eigenvalue weighted by Gasteiger charge is 2.25. The fraction of sp³-hybridized carbons (Fsp3) is 0.227. The molecule has 28 heavy (non-hydrogen) atoms. The molecule has 2 aromatic carbocycles. The van der Waals surface area contributed by atoms with E-state index in [-0.39, 0.29) is 18.1 Å². The van der Waals surface area contributed by atoms with Crippen molar-refractivity contribution in [2.24, 2.45) is 0 Å². The Labute approximate surface area is 163 Å². The van der Waals surface area contributed by atoms with Gasteiger partial charge in [0.15, 0.2) is 0 Å². The number of carbonyl (C=O) groups is 1. The minimum Gasteiger partial charge on any atom is -0.320 e. The molecule has 0 fully saturated rings. The van der Waals surface area contributed by atoms with Crippen molar-refractivity contribution < 1.29 is 4.79 Å². The number of hydrogen-bond donors (Lipinski definition) is 2. The van der Waals surface area contributed by atoms with Gasteiger partial charge in [0, 0.05) is 24.2 Å². The molecule has 4 rings (SSSR count). The number of aromatic nitrogens is 2. The van der Waals surface area contributed by atoms with Crippen molar-refractivity contribution in [3.05, 3.63) is 81.3 Å². The first-order chi connectivity index (χ1) is 13.5. The Bertz CT molecular complexity index is 1090. The summed E-state index contributed by atoms with van der Waals surface area (Å²) in [7, 11) is 0. The largest absolute Gasteiger partial charge is 0.322 e. The van der Waals surface area contributed by atoms with E-state index in [4.69, 9.17) is 0 Å². The van der Waals surface area contributed by atoms with Crippen LogP contribution in [-0.4, -0.2) is 27.4 Å². The van der Waals surface area contributed by atoms with Crippen LogP contribution in [0.4, 0.5) is 10.5 Å². The molecule has 1 aliphatic heterocycles. The second-order valence-electron chi connectivity index (χ2n) is 7.05. The van der Waals surface area contributed by atoms with E-state index in [1.165, 1.54) is 0 Å². The number of benzene rings is 2. The Hall–Kier alpha value is -3.41. The van der Waals surface area contributed by atoms with Crippen molar-refractivity contribution in [2.45, 2.75) is 26.8 Å². The number of hydrogen-bond acceptors (Lipinski definition) is 3. The molecule has 1 aliphatic rings. The Morgan fingerprint density at radius 1 is 1.11 bits per heavy atom. The first kappa shape index (κ1) is 18.0. The Morgan fingerprint density at radius 3 is 2.68 bits per heavy atom. The third-order valence-electron chi connectivity index (χ3n) is 5.25. The predicted molar refractivity (Wildman–Crippen MR) is 109 cm³/mol. The standard InChI is InChI=1S/C22H22N4O2/c1-14-7-6-10-18(15(14)2)24-22(28)26-12-11-19-17(13-26)21(27)25-20(23-19)16-8-4-3-5-9-16/h3-10H,11-13H2,1-2H3,(H,24,28)(H,23,25,27). The van der Waals surface area contributed by atoms with E-state index in [9.17, 15) is 9.59 Å². The molecular formula is C22H22N4O2. The normalized spacial score (nSPS) is 13.1. The van der Waals surface area contributed by atoms with Crippen molar-refractivity contribution in [3.63, 3.8) is 0 Å². The summed E-state index contributed by atoms with van der Waals surface area (Å²) in [6.07, 6.45) is 0.555. The lowest BCUT2D eigenvalue weighted by atomic mass is 10.1. The molecule has 0 radical (unpaired) electrons. The number of aryl methyl sites for hydroxylation is 1. The molecule has 3 aromatic rings. The van der Waals surface area contributed by atoms with Crippen molar-refractivity contribution in [2.75, 3.05) is 11.9 Å². The average Bonchev–Trinajstić information content (AvgIpc) is 2.71. The second kappa shape index (κ2) is 7.31. The van der Waals surface area contributed by atoms with Crippen LogP contribution in [0.25, 0.3) is 11.4 Å². The van der Waals surface area contributed by atoms with Gasteiger partial charge in [0.05, 0.1) is 17.8 Å². The third-order valence-corrected chi connectivity index (χ3v) is 5.25. The van der Waals surface area contributed by atoms with Gasteiger partial charge in [0.2, 0.25) is 0 Å². The minimum absolute atomic E-state index is 0.187. The summed E-state index contributed by atoms with van der Waals surface area (Å²) in [6, 6.07) is 15.2. The lowest BCUT2D eigenvalue weighted by Crippen LogP contribution is -2.41. The van der Waals surface area contributed by atoms with Crippen molar-refractivity contribution in [1.29, 1.82) is 0 Å². The van der Waals surface area contributed by atoms with Crippen LogP contribution in [-0.2, 0) is 13.0 Å². The van der Waals surface area contributed by atoms with Crippen molar-refractivity contribution >= 4 is 11.7 Å². The van der Waals surface area contributed by atoms with E-state index < -0.39 is 0 Å². The van der Waals surface area contributed by atoms with Crippen LogP contribution in [0.3, 0.4) is 0 Å². The number of rotatable bonds is 2. The summed E-state index contributed by atoms with van der Waals surface area (Å²) >= 11 is 0. The zero-order chi connectivity index (χ0) is 19.7. The lowest BCUT2D eigenvalue weighted by Gasteiger charge is -2.28. The maximum atomic E-state index is 12.7. The Kier molecular flexibility index (Phi) is 4.69. The molecular weight excluding hydrogens is 352 g/mol. The van der Waals surface area contributed by atoms with Crippen LogP contribution in [0.15, 0.2) is 53.3 Å². The summed E-state index contributed by atoms with van der Waals surface area (Å²) in [5.74, 6) is 0.567. The van der Waals surface area contributed by atoms with E-state index in [1.54, 1.807) is 4.90 Å². The molecule has 1 aromatic heterocycles. The first-order valence-corrected chi connectivity index (χ1v) is 9.32. The summed E-state index contributed by atoms with van der Waals surface area (Å²) in [5.41, 5.74) is 4.96. The molecule has 6 nitrogen and oxygen atoms in total. The number of aromatic amines is 1. The maximum Gasteiger partial charge on any atom is 0.322 e. The Balaban J connectivity index is 1.56. The van der Waals surface area contributed by atoms with E-state index in [0.29, 0.717) is 24.4 Å². The molecule has 0 unspecified atom stereocenters. The third kappa shape index (κ3) is 3.41. The van der Waals surface area contributed by atoms with E-state index in [0.717, 1.165) is 28.1 Å². The topological polar surface area (TPSA) is 78.1 Å². The quantitative estimate of drug-likeness (QED) is 0.719. The molecule has 6 heteroatoms. The number of anilines is 1. The van der Waals surface area contributed by atoms with Gasteiger partial charge in [-0.2, -0.15) is 0 Å². The lowest BCUT2D eigenvalue weighted by molar-refractivity contribution is 0.205. The van der Waals surface area contributed by atoms with Gasteiger partial charge in [0.25, 0.3) is 5.56 Å². The number of nitrogens with one attached hydrogen (secondary N) is 2. The monoisotopic (exact) mass is 374 g/mol. The second-order valence-corrected chi connectivity index (χ2v) is 7.05. The summed E-state index contributed by atoms with van der Waals surface area (Å²) < 4.78 is 0. The number of H-pyrrole nitrogens is 1. The minimum atomic E-state index is -0.203. The van der Waals surface area contributed by atoms with Crippen LogP contribution in [0.1, 0.15) is 22.4 Å². The molecule has 2 N–H and O–H groups in total. The van der Waals surface area contributed by atoms with E-state index in [1.807, 2.05) is 62.4 Å². The molecule has 2 heterocycles. The number of nitrogens with zero attached hydrogens (tertiary/aromatic N) is 2. The summed E-state index contributed by atoms with van der Waals surface area (Å²) in [4.78, 5) is 34.5. The van der Waals surface area contributed by atoms with Crippen molar-refractivity contribution in [1.82, 2.24) is 14.9 Å². The Morgan fingerprint density at radius 2 is 1.89 bits per heavy atom. The SMILES string of the molecule is Cc1cccc(NC(=O)N2CCc3nc(-c4ccccc4)[nH]c(=O)c3C2)c1C. The smallest absolute Gasteiger partial charge is 0.320 e. The number of amides is 2. The van der Waals surface area contributed by atoms with Crippen LogP contribution in [0.5, 0.6) is 0 Å². The fourth-order valence-electron chi connectivity index (χ4n) is 3.41. The highest BCUT2D eigenvalue weighted by molar-refractivity contribution is 5.90. The fourth-order valence-corrected chi connectivity index (χ4v) is 3.41. The molecule has 0 aliphatic carbocycles. The highest BCUT2D eigenvalue weighted by atomic mass is 16.2. The molecule has 0 spiro atoms. The molecule has 142 valence electrons. The van der Waals surface area contributed by atoms with Gasteiger partial charge >= 0.3 is 6.03 Å². The molecule has 0 atom stereocenters. The zero-order valence-electron chi connectivity index (χ0n) is 16.0. The summed E-state index contributed by atoms with van der Waals surface area (Å²) in [6.45, 7) is 4.77. The molecule has 2 amide bonds. The first-order valence-electron chi connectivity index (χ1n) is 9.32. The molecule has 0 saturated carbocycles. The predicted octanol–water partition coefficient (Wildman–Crippen LogP) is 3.64. The molecule has 0 bridgehead atoms. The number of carbonyl (C=O) groups excluding carboxylic acids is 1. The van der Waals surface area contributed by atoms with E-state index >= 15 is 0 Å². The molecule has 0 saturated heterocycles. The number of urea groups is 1. The average molecular weight is 374 g/mol. The van der Waals surface area contributed by atoms with Gasteiger partial charge in [-0.05, 0) is 31.0 Å². The van der Waals surface area contributed by atoms with Gasteiger partial charge in [-0.25, -0.2) is 9.78 Å². The van der Waals surface area contributed by atoms with Gasteiger partial charge in [-0.1, -0.05) is 42.5 Å². The summed E-state index contributed by atoms with van der Waals surface area (Å²) in [5, 5.41) is 2.96. The van der Waals surface area contributed by atoms with Crippen molar-refractivity contribution in [3.8, 4) is 11.4 Å². The highest BCUT2D eigenvalue weighted by Crippen LogP contribution is 2.21. The van der Waals surface area contributed by atoms with Gasteiger partial charge in [-0.3, -0.25) is 4.79 Å². The van der Waals surface area contributed by atoms with Crippen LogP contribution >= 0.6 is 0 Å². The zero-order valence-corrected chi connectivity index (χ0v) is 16.0.